The van der Waals surface area contributed by atoms with Gasteiger partial charge in [-0.15, -0.1) is 0 Å². The van der Waals surface area contributed by atoms with Crippen molar-refractivity contribution in [2.75, 3.05) is 0 Å². The number of rotatable bonds is 3. The molecule has 24 heavy (non-hydrogen) atoms. The van der Waals surface area contributed by atoms with E-state index in [-0.39, 0.29) is 24.3 Å². The molecule has 1 spiro atoms. The molecule has 1 aliphatic carbocycles. The standard InChI is InChI=1S/C15H14N2O7/c18-11-15(17(14(22)23)12(19)16(11)13(20)21)6-10(7-15)24-8-9-4-2-1-3-5-9/h1-5,10H,6-8H2,(H,20,21)(H,22,23). The van der Waals surface area contributed by atoms with Crippen LogP contribution in [-0.2, 0) is 16.1 Å². The first-order chi connectivity index (χ1) is 11.4. The number of carbonyl (C=O) groups excluding carboxylic acids is 2. The van der Waals surface area contributed by atoms with Crippen molar-refractivity contribution in [3.05, 3.63) is 35.9 Å². The lowest BCUT2D eigenvalue weighted by Crippen LogP contribution is -2.62. The minimum Gasteiger partial charge on any atom is -0.465 e. The molecular weight excluding hydrogens is 320 g/mol. The fraction of sp³-hybridized carbons (Fsp3) is 0.333. The van der Waals surface area contributed by atoms with E-state index in [1.807, 2.05) is 30.3 Å². The molecule has 3 rings (SSSR count). The molecule has 0 aromatic heterocycles. The summed E-state index contributed by atoms with van der Waals surface area (Å²) in [5.74, 6) is -1.04. The zero-order valence-electron chi connectivity index (χ0n) is 12.4. The minimum absolute atomic E-state index is 0.0540. The number of benzene rings is 1. The molecular formula is C15H14N2O7. The Labute approximate surface area is 136 Å². The maximum Gasteiger partial charge on any atom is 0.422 e. The highest BCUT2D eigenvalue weighted by Gasteiger charge is 2.68. The van der Waals surface area contributed by atoms with Crippen molar-refractivity contribution in [2.45, 2.75) is 31.1 Å². The number of carbonyl (C=O) groups is 4. The second kappa shape index (κ2) is 5.60. The molecule has 9 heteroatoms. The van der Waals surface area contributed by atoms with Crippen LogP contribution in [0.5, 0.6) is 0 Å². The number of hydrogen-bond donors (Lipinski definition) is 2. The molecule has 2 N–H and O–H groups in total. The van der Waals surface area contributed by atoms with Gasteiger partial charge in [0, 0.05) is 12.8 Å². The second-order valence-corrected chi connectivity index (χ2v) is 5.68. The van der Waals surface area contributed by atoms with Crippen molar-refractivity contribution in [1.29, 1.82) is 0 Å². The van der Waals surface area contributed by atoms with Crippen LogP contribution < -0.4 is 0 Å². The molecule has 1 aliphatic heterocycles. The predicted molar refractivity (Wildman–Crippen MR) is 77.1 cm³/mol. The highest BCUT2D eigenvalue weighted by molar-refractivity contribution is 6.20. The lowest BCUT2D eigenvalue weighted by Gasteiger charge is -2.45. The lowest BCUT2D eigenvalue weighted by molar-refractivity contribution is -0.146. The van der Waals surface area contributed by atoms with E-state index in [4.69, 9.17) is 9.84 Å². The number of carboxylic acid groups (broad SMARTS) is 2. The van der Waals surface area contributed by atoms with E-state index in [0.717, 1.165) is 5.56 Å². The molecule has 2 fully saturated rings. The molecule has 1 heterocycles. The quantitative estimate of drug-likeness (QED) is 0.806. The Hall–Kier alpha value is -2.94. The Bertz CT molecular complexity index is 712. The van der Waals surface area contributed by atoms with Gasteiger partial charge in [-0.05, 0) is 5.56 Å². The van der Waals surface area contributed by atoms with Gasteiger partial charge in [0.2, 0.25) is 0 Å². The summed E-state index contributed by atoms with van der Waals surface area (Å²) in [7, 11) is 0. The summed E-state index contributed by atoms with van der Waals surface area (Å²) in [6.45, 7) is 0.277. The molecule has 0 unspecified atom stereocenters. The number of amides is 5. The SMILES string of the molecule is O=C(O)N1C(=O)N(C(=O)O)C2(CC(OCc3ccccc3)C2)C1=O. The molecule has 0 atom stereocenters. The molecule has 2 aliphatic rings. The molecule has 5 amide bonds. The van der Waals surface area contributed by atoms with Crippen molar-refractivity contribution in [2.24, 2.45) is 0 Å². The topological polar surface area (TPSA) is 124 Å². The van der Waals surface area contributed by atoms with E-state index in [1.54, 1.807) is 0 Å². The summed E-state index contributed by atoms with van der Waals surface area (Å²) in [5, 5.41) is 18.1. The average molecular weight is 334 g/mol. The Morgan fingerprint density at radius 1 is 1.12 bits per heavy atom. The summed E-state index contributed by atoms with van der Waals surface area (Å²) >= 11 is 0. The third kappa shape index (κ3) is 2.29. The summed E-state index contributed by atoms with van der Waals surface area (Å²) in [6.07, 6.45) is -3.99. The van der Waals surface area contributed by atoms with Crippen molar-refractivity contribution >= 4 is 24.1 Å². The lowest BCUT2D eigenvalue weighted by atomic mass is 9.73. The highest BCUT2D eigenvalue weighted by Crippen LogP contribution is 2.46. The van der Waals surface area contributed by atoms with E-state index in [0.29, 0.717) is 4.90 Å². The van der Waals surface area contributed by atoms with E-state index >= 15 is 0 Å². The summed E-state index contributed by atoms with van der Waals surface area (Å²) in [5.41, 5.74) is -0.766. The second-order valence-electron chi connectivity index (χ2n) is 5.68. The zero-order chi connectivity index (χ0) is 17.5. The Balaban J connectivity index is 1.72. The van der Waals surface area contributed by atoms with Crippen molar-refractivity contribution < 1.29 is 34.1 Å². The largest absolute Gasteiger partial charge is 0.465 e. The first kappa shape index (κ1) is 15.9. The summed E-state index contributed by atoms with van der Waals surface area (Å²) in [6, 6.07) is 7.90. The van der Waals surface area contributed by atoms with Crippen LogP contribution in [0.3, 0.4) is 0 Å². The fourth-order valence-corrected chi connectivity index (χ4v) is 3.06. The molecule has 126 valence electrons. The number of hydrogen-bond acceptors (Lipinski definition) is 5. The van der Waals surface area contributed by atoms with E-state index < -0.39 is 35.8 Å². The van der Waals surface area contributed by atoms with Crippen LogP contribution in [0, 0.1) is 0 Å². The number of ether oxygens (including phenoxy) is 1. The highest BCUT2D eigenvalue weighted by atomic mass is 16.5. The van der Waals surface area contributed by atoms with E-state index in [9.17, 15) is 24.3 Å². The van der Waals surface area contributed by atoms with Crippen molar-refractivity contribution in [3.63, 3.8) is 0 Å². The van der Waals surface area contributed by atoms with Crippen LogP contribution in [0.4, 0.5) is 14.4 Å². The maximum absolute atomic E-state index is 12.3. The molecule has 1 aromatic rings. The van der Waals surface area contributed by atoms with E-state index in [2.05, 4.69) is 0 Å². The van der Waals surface area contributed by atoms with E-state index in [1.165, 1.54) is 0 Å². The van der Waals surface area contributed by atoms with Gasteiger partial charge in [0.05, 0.1) is 12.7 Å². The number of urea groups is 1. The predicted octanol–water partition coefficient (Wildman–Crippen LogP) is 1.72. The Morgan fingerprint density at radius 3 is 2.29 bits per heavy atom. The van der Waals surface area contributed by atoms with Gasteiger partial charge in [0.1, 0.15) is 5.54 Å². The number of imide groups is 4. The van der Waals surface area contributed by atoms with Gasteiger partial charge in [-0.25, -0.2) is 19.3 Å². The third-order valence-electron chi connectivity index (χ3n) is 4.25. The third-order valence-corrected chi connectivity index (χ3v) is 4.25. The molecule has 1 saturated carbocycles. The normalized spacial score (nSPS) is 25.9. The van der Waals surface area contributed by atoms with Crippen LogP contribution in [0.1, 0.15) is 18.4 Å². The van der Waals surface area contributed by atoms with Gasteiger partial charge in [-0.1, -0.05) is 30.3 Å². The monoisotopic (exact) mass is 334 g/mol. The van der Waals surface area contributed by atoms with Gasteiger partial charge in [-0.3, -0.25) is 4.79 Å². The van der Waals surface area contributed by atoms with Crippen molar-refractivity contribution in [1.82, 2.24) is 9.80 Å². The Kier molecular flexibility index (Phi) is 3.72. The molecule has 1 saturated heterocycles. The molecule has 1 aromatic carbocycles. The Morgan fingerprint density at radius 2 is 1.75 bits per heavy atom. The van der Waals surface area contributed by atoms with Gasteiger partial charge in [0.15, 0.2) is 0 Å². The first-order valence-corrected chi connectivity index (χ1v) is 7.17. The van der Waals surface area contributed by atoms with Crippen LogP contribution >= 0.6 is 0 Å². The fourth-order valence-electron chi connectivity index (χ4n) is 3.06. The minimum atomic E-state index is -1.79. The molecule has 0 bridgehead atoms. The average Bonchev–Trinajstić information content (AvgIpc) is 2.72. The zero-order valence-corrected chi connectivity index (χ0v) is 12.4. The summed E-state index contributed by atoms with van der Waals surface area (Å²) in [4.78, 5) is 46.8. The van der Waals surface area contributed by atoms with Gasteiger partial charge in [0.25, 0.3) is 5.91 Å². The summed E-state index contributed by atoms with van der Waals surface area (Å²) < 4.78 is 5.61. The van der Waals surface area contributed by atoms with Gasteiger partial charge < -0.3 is 14.9 Å². The van der Waals surface area contributed by atoms with Gasteiger partial charge in [-0.2, -0.15) is 4.90 Å². The van der Waals surface area contributed by atoms with Crippen LogP contribution in [0.25, 0.3) is 0 Å². The first-order valence-electron chi connectivity index (χ1n) is 7.17. The van der Waals surface area contributed by atoms with Crippen LogP contribution in [0.15, 0.2) is 30.3 Å². The van der Waals surface area contributed by atoms with Crippen LogP contribution in [-0.4, -0.2) is 55.8 Å². The molecule has 9 nitrogen and oxygen atoms in total. The maximum atomic E-state index is 12.3. The van der Waals surface area contributed by atoms with Gasteiger partial charge >= 0.3 is 18.2 Å². The van der Waals surface area contributed by atoms with Crippen LogP contribution in [0.2, 0.25) is 0 Å². The van der Waals surface area contributed by atoms with Crippen molar-refractivity contribution in [3.8, 4) is 0 Å². The number of nitrogens with zero attached hydrogens (tertiary/aromatic N) is 2. The molecule has 0 radical (unpaired) electrons. The smallest absolute Gasteiger partial charge is 0.422 e.